The smallest absolute Gasteiger partial charge is 0.229 e. The van der Waals surface area contributed by atoms with Gasteiger partial charge in [-0.2, -0.15) is 0 Å². The van der Waals surface area contributed by atoms with Gasteiger partial charge in [0.25, 0.3) is 0 Å². The number of ether oxygens (including phenoxy) is 2. The first-order valence-corrected chi connectivity index (χ1v) is 12.9. The van der Waals surface area contributed by atoms with Crippen molar-refractivity contribution in [3.8, 4) is 11.8 Å². The summed E-state index contributed by atoms with van der Waals surface area (Å²) < 4.78 is 11.9. The van der Waals surface area contributed by atoms with Crippen molar-refractivity contribution in [1.82, 2.24) is 20.6 Å². The fraction of sp³-hybridized carbons (Fsp3) is 0.545. The van der Waals surface area contributed by atoms with Gasteiger partial charge in [-0.3, -0.25) is 0 Å². The second-order valence-electron chi connectivity index (χ2n) is 7.93. The summed E-state index contributed by atoms with van der Waals surface area (Å²) in [5, 5.41) is 8.22. The summed E-state index contributed by atoms with van der Waals surface area (Å²) in [6.45, 7) is 8.06. The van der Waals surface area contributed by atoms with E-state index in [1.807, 2.05) is 0 Å². The fourth-order valence-corrected chi connectivity index (χ4v) is 5.73. The molecule has 10 heteroatoms. The van der Waals surface area contributed by atoms with E-state index in [9.17, 15) is 0 Å². The molecule has 0 fully saturated rings. The number of hydrogen-bond acceptors (Lipinski definition) is 6. The van der Waals surface area contributed by atoms with Gasteiger partial charge in [-0.25, -0.2) is 9.97 Å². The SMILES string of the molecule is COc1nc2c(c(Cl)c1Br)[C@@H](C)CNCC2.COc1nc2c(c(Cl)c1Br)[C@H](C)CNCC2. The van der Waals surface area contributed by atoms with E-state index in [4.69, 9.17) is 32.7 Å². The van der Waals surface area contributed by atoms with Crippen LogP contribution in [0.3, 0.4) is 0 Å². The van der Waals surface area contributed by atoms with Gasteiger partial charge in [0.1, 0.15) is 0 Å². The van der Waals surface area contributed by atoms with Gasteiger partial charge in [0.2, 0.25) is 11.8 Å². The van der Waals surface area contributed by atoms with Crippen molar-refractivity contribution in [2.24, 2.45) is 0 Å². The monoisotopic (exact) mass is 608 g/mol. The molecular weight excluding hydrogens is 583 g/mol. The Kier molecular flexibility index (Phi) is 9.47. The van der Waals surface area contributed by atoms with Crippen LogP contribution in [0, 0.1) is 0 Å². The zero-order valence-corrected chi connectivity index (χ0v) is 23.3. The molecule has 4 rings (SSSR count). The highest BCUT2D eigenvalue weighted by Crippen LogP contribution is 2.40. The molecule has 0 aromatic carbocycles. The fourth-order valence-electron chi connectivity index (χ4n) is 4.05. The average molecular weight is 611 g/mol. The quantitative estimate of drug-likeness (QED) is 0.467. The van der Waals surface area contributed by atoms with Crippen molar-refractivity contribution in [3.63, 3.8) is 0 Å². The Morgan fingerprint density at radius 1 is 0.781 bits per heavy atom. The Labute approximate surface area is 216 Å². The number of aromatic nitrogens is 2. The van der Waals surface area contributed by atoms with Gasteiger partial charge in [-0.15, -0.1) is 0 Å². The van der Waals surface area contributed by atoms with E-state index in [0.717, 1.165) is 80.5 Å². The molecule has 6 nitrogen and oxygen atoms in total. The minimum Gasteiger partial charge on any atom is -0.480 e. The van der Waals surface area contributed by atoms with E-state index in [-0.39, 0.29) is 0 Å². The van der Waals surface area contributed by atoms with E-state index in [1.165, 1.54) is 0 Å². The highest BCUT2D eigenvalue weighted by Gasteiger charge is 2.24. The molecule has 0 aliphatic carbocycles. The third-order valence-corrected chi connectivity index (χ3v) is 8.39. The van der Waals surface area contributed by atoms with Crippen LogP contribution >= 0.6 is 55.1 Å². The van der Waals surface area contributed by atoms with E-state index < -0.39 is 0 Å². The maximum Gasteiger partial charge on any atom is 0.229 e. The summed E-state index contributed by atoms with van der Waals surface area (Å²) in [6.07, 6.45) is 1.78. The Morgan fingerprint density at radius 3 is 1.50 bits per heavy atom. The molecule has 176 valence electrons. The van der Waals surface area contributed by atoms with Crippen LogP contribution in [0.2, 0.25) is 10.0 Å². The standard InChI is InChI=1S/2C11H14BrClN2O/c2*1-6-5-14-4-3-7-8(6)10(13)9(12)11(15-7)16-2/h2*6,14H,3-5H2,1-2H3/t2*6-/m10/s1. The molecular formula is C22H28Br2Cl2N4O2. The molecule has 0 saturated heterocycles. The van der Waals surface area contributed by atoms with Gasteiger partial charge in [0, 0.05) is 39.0 Å². The predicted octanol–water partition coefficient (Wildman–Crippen LogP) is 5.51. The third kappa shape index (κ3) is 5.53. The van der Waals surface area contributed by atoms with Crippen molar-refractivity contribution < 1.29 is 9.47 Å². The van der Waals surface area contributed by atoms with Gasteiger partial charge in [0.05, 0.1) is 44.6 Å². The Morgan fingerprint density at radius 2 is 1.16 bits per heavy atom. The summed E-state index contributed by atoms with van der Waals surface area (Å²) >= 11 is 19.6. The maximum absolute atomic E-state index is 6.37. The number of fused-ring (bicyclic) bond motifs is 2. The maximum atomic E-state index is 6.37. The lowest BCUT2D eigenvalue weighted by Crippen LogP contribution is -2.18. The van der Waals surface area contributed by atoms with Crippen LogP contribution in [0.4, 0.5) is 0 Å². The van der Waals surface area contributed by atoms with Crippen LogP contribution < -0.4 is 20.1 Å². The van der Waals surface area contributed by atoms with Crippen LogP contribution in [-0.4, -0.2) is 50.4 Å². The second-order valence-corrected chi connectivity index (χ2v) is 10.3. The Hall–Kier alpha value is -0.640. The normalized spacial score (nSPS) is 20.1. The molecule has 2 aromatic heterocycles. The largest absolute Gasteiger partial charge is 0.480 e. The van der Waals surface area contributed by atoms with Crippen molar-refractivity contribution in [2.75, 3.05) is 40.4 Å². The first-order valence-electron chi connectivity index (χ1n) is 10.5. The average Bonchev–Trinajstić information content (AvgIpc) is 3.08. The molecule has 0 bridgehead atoms. The Bertz CT molecular complexity index is 900. The predicted molar refractivity (Wildman–Crippen MR) is 137 cm³/mol. The van der Waals surface area contributed by atoms with Crippen molar-refractivity contribution in [1.29, 1.82) is 0 Å². The van der Waals surface area contributed by atoms with Crippen molar-refractivity contribution in [2.45, 2.75) is 38.5 Å². The summed E-state index contributed by atoms with van der Waals surface area (Å²) in [5.74, 6) is 1.88. The van der Waals surface area contributed by atoms with Gasteiger partial charge in [-0.05, 0) is 54.8 Å². The number of pyridine rings is 2. The zero-order valence-electron chi connectivity index (χ0n) is 18.6. The number of halogens is 4. The minimum atomic E-state index is 0.375. The molecule has 0 saturated carbocycles. The van der Waals surface area contributed by atoms with Gasteiger partial charge in [-0.1, -0.05) is 37.0 Å². The van der Waals surface area contributed by atoms with E-state index in [2.05, 4.69) is 66.3 Å². The van der Waals surface area contributed by atoms with Crippen molar-refractivity contribution >= 4 is 55.1 Å². The first-order chi connectivity index (χ1) is 15.3. The van der Waals surface area contributed by atoms with E-state index in [1.54, 1.807) is 14.2 Å². The molecule has 2 atom stereocenters. The molecule has 2 aliphatic rings. The van der Waals surface area contributed by atoms with Crippen molar-refractivity contribution in [3.05, 3.63) is 41.5 Å². The molecule has 0 radical (unpaired) electrons. The van der Waals surface area contributed by atoms with Crippen LogP contribution in [0.25, 0.3) is 0 Å². The van der Waals surface area contributed by atoms with E-state index >= 15 is 0 Å². The van der Waals surface area contributed by atoms with Gasteiger partial charge in [0.15, 0.2) is 0 Å². The number of rotatable bonds is 2. The molecule has 32 heavy (non-hydrogen) atoms. The van der Waals surface area contributed by atoms with Gasteiger partial charge < -0.3 is 20.1 Å². The summed E-state index contributed by atoms with van der Waals surface area (Å²) in [4.78, 5) is 9.02. The van der Waals surface area contributed by atoms with E-state index in [0.29, 0.717) is 23.6 Å². The van der Waals surface area contributed by atoms with Crippen LogP contribution in [0.5, 0.6) is 11.8 Å². The third-order valence-electron chi connectivity index (χ3n) is 5.68. The summed E-state index contributed by atoms with van der Waals surface area (Å²) in [5.41, 5.74) is 4.36. The first kappa shape index (κ1) is 26.0. The second kappa shape index (κ2) is 11.7. The molecule has 2 aliphatic heterocycles. The van der Waals surface area contributed by atoms with Gasteiger partial charge >= 0.3 is 0 Å². The summed E-state index contributed by atoms with van der Waals surface area (Å²) in [7, 11) is 3.21. The lowest BCUT2D eigenvalue weighted by atomic mass is 9.99. The lowest BCUT2D eigenvalue weighted by Gasteiger charge is -2.16. The number of hydrogen-bond donors (Lipinski definition) is 2. The molecule has 4 heterocycles. The molecule has 0 unspecified atom stereocenters. The van der Waals surface area contributed by atoms with Crippen LogP contribution in [-0.2, 0) is 12.8 Å². The Balaban J connectivity index is 0.000000181. The van der Waals surface area contributed by atoms with Crippen LogP contribution in [0.15, 0.2) is 8.95 Å². The molecule has 2 aromatic rings. The molecule has 0 amide bonds. The zero-order chi connectivity index (χ0) is 23.4. The minimum absolute atomic E-state index is 0.375. The number of methoxy groups -OCH3 is 2. The lowest BCUT2D eigenvalue weighted by molar-refractivity contribution is 0.393. The molecule has 0 spiro atoms. The highest BCUT2D eigenvalue weighted by atomic mass is 79.9. The number of nitrogens with zero attached hydrogens (tertiary/aromatic N) is 2. The summed E-state index contributed by atoms with van der Waals surface area (Å²) in [6, 6.07) is 0. The highest BCUT2D eigenvalue weighted by molar-refractivity contribution is 9.11. The molecule has 2 N–H and O–H groups in total. The van der Waals surface area contributed by atoms with Crippen LogP contribution in [0.1, 0.15) is 48.2 Å². The number of nitrogens with one attached hydrogen (secondary N) is 2. The topological polar surface area (TPSA) is 68.3 Å².